The zero-order valence-corrected chi connectivity index (χ0v) is 39.1. The zero-order chi connectivity index (χ0) is 42.6. The van der Waals surface area contributed by atoms with Gasteiger partial charge in [0.1, 0.15) is 0 Å². The first-order valence-electron chi connectivity index (χ1n) is 24.2. The van der Waals surface area contributed by atoms with E-state index < -0.39 is 6.10 Å². The Balaban J connectivity index is 5.11. The number of hydrogen-bond acceptors (Lipinski definition) is 7. The molecule has 0 saturated heterocycles. The van der Waals surface area contributed by atoms with Crippen molar-refractivity contribution in [2.24, 2.45) is 17.3 Å². The van der Waals surface area contributed by atoms with Gasteiger partial charge in [0.15, 0.2) is 0 Å². The predicted molar refractivity (Wildman–Crippen MR) is 244 cm³/mol. The molecular weight excluding hydrogens is 709 g/mol. The van der Waals surface area contributed by atoms with Crippen LogP contribution in [0.25, 0.3) is 0 Å². The summed E-state index contributed by atoms with van der Waals surface area (Å²) in [5.74, 6) is 0.817. The van der Waals surface area contributed by atoms with Crippen LogP contribution < -0.4 is 0 Å². The summed E-state index contributed by atoms with van der Waals surface area (Å²) < 4.78 is 11.4. The number of nitrogens with zero attached hydrogens (tertiary/aromatic N) is 2. The molecule has 0 aromatic carbocycles. The van der Waals surface area contributed by atoms with Crippen LogP contribution in [0.3, 0.4) is 0 Å². The maximum absolute atomic E-state index is 12.7. The van der Waals surface area contributed by atoms with Crippen molar-refractivity contribution in [2.45, 2.75) is 234 Å². The van der Waals surface area contributed by atoms with Crippen LogP contribution in [-0.4, -0.2) is 71.8 Å². The molecule has 0 aliphatic carbocycles. The quantitative estimate of drug-likeness (QED) is 0.0488. The Morgan fingerprint density at radius 1 is 0.614 bits per heavy atom. The smallest absolute Gasteiger partial charge is 0.306 e. The molecule has 4 unspecified atom stereocenters. The number of carbonyl (C=O) groups is 2. The lowest BCUT2D eigenvalue weighted by molar-refractivity contribution is -0.146. The molecule has 0 aromatic heterocycles. The Morgan fingerprint density at radius 3 is 1.54 bits per heavy atom. The van der Waals surface area contributed by atoms with Gasteiger partial charge in [-0.1, -0.05) is 158 Å². The summed E-state index contributed by atoms with van der Waals surface area (Å²) in [7, 11) is 0. The van der Waals surface area contributed by atoms with E-state index in [1.54, 1.807) is 0 Å². The highest BCUT2D eigenvalue weighted by Crippen LogP contribution is 2.28. The molecule has 336 valence electrons. The van der Waals surface area contributed by atoms with Gasteiger partial charge in [0.2, 0.25) is 0 Å². The standard InChI is InChI=1S/C50H96N2O5/c1-10-16-21-25-33-44(31-18-12-3)40-48(54)56-38-29-24-23-28-37-52(47(50(7,8)9)43-51(15-6)36-20-14-5)42-46(53)35-27-30-39-57-49(55)41-45(32-19-13-4)34-26-22-17-11-2/h15,20,36,44-47,53H,6,10-14,16-19,21-35,37-43H2,1-5,7-9H3/b36-20-. The Hall–Kier alpha value is -1.86. The summed E-state index contributed by atoms with van der Waals surface area (Å²) in [6.07, 6.45) is 33.3. The monoisotopic (exact) mass is 805 g/mol. The number of unbranched alkanes of at least 4 members (excludes halogenated alkanes) is 12. The maximum atomic E-state index is 12.7. The summed E-state index contributed by atoms with van der Waals surface area (Å²) in [6, 6.07) is 0.207. The molecule has 0 radical (unpaired) electrons. The number of rotatable bonds is 40. The first-order chi connectivity index (χ1) is 27.4. The largest absolute Gasteiger partial charge is 0.466 e. The molecule has 0 bridgehead atoms. The molecule has 0 heterocycles. The molecule has 7 nitrogen and oxygen atoms in total. The molecule has 0 saturated carbocycles. The summed E-state index contributed by atoms with van der Waals surface area (Å²) in [6.45, 7) is 25.3. The van der Waals surface area contributed by atoms with Crippen LogP contribution in [0.2, 0.25) is 0 Å². The minimum absolute atomic E-state index is 0.0145. The van der Waals surface area contributed by atoms with Crippen molar-refractivity contribution in [3.63, 3.8) is 0 Å². The third-order valence-corrected chi connectivity index (χ3v) is 11.6. The first-order valence-corrected chi connectivity index (χ1v) is 24.2. The van der Waals surface area contributed by atoms with Crippen LogP contribution >= 0.6 is 0 Å². The zero-order valence-electron chi connectivity index (χ0n) is 39.1. The van der Waals surface area contributed by atoms with Gasteiger partial charge in [-0.25, -0.2) is 0 Å². The highest BCUT2D eigenvalue weighted by atomic mass is 16.5. The molecule has 0 aromatic rings. The van der Waals surface area contributed by atoms with Gasteiger partial charge in [-0.15, -0.1) is 0 Å². The van der Waals surface area contributed by atoms with Crippen molar-refractivity contribution in [1.82, 2.24) is 9.80 Å². The van der Waals surface area contributed by atoms with E-state index in [0.29, 0.717) is 50.9 Å². The highest BCUT2D eigenvalue weighted by Gasteiger charge is 2.32. The molecule has 7 heteroatoms. The van der Waals surface area contributed by atoms with Gasteiger partial charge in [-0.2, -0.15) is 0 Å². The molecule has 0 aliphatic heterocycles. The highest BCUT2D eigenvalue weighted by molar-refractivity contribution is 5.70. The summed E-state index contributed by atoms with van der Waals surface area (Å²) in [5.41, 5.74) is -0.0145. The van der Waals surface area contributed by atoms with E-state index in [0.717, 1.165) is 90.1 Å². The number of carbonyl (C=O) groups excluding carboxylic acids is 2. The van der Waals surface area contributed by atoms with Crippen LogP contribution in [0.1, 0.15) is 222 Å². The minimum atomic E-state index is -0.456. The van der Waals surface area contributed by atoms with E-state index in [4.69, 9.17) is 9.47 Å². The average Bonchev–Trinajstić information content (AvgIpc) is 3.17. The van der Waals surface area contributed by atoms with Crippen LogP contribution in [0, 0.1) is 17.3 Å². The molecule has 0 amide bonds. The van der Waals surface area contributed by atoms with Crippen molar-refractivity contribution in [1.29, 1.82) is 0 Å². The van der Waals surface area contributed by atoms with Gasteiger partial charge in [-0.05, 0) is 100 Å². The fourth-order valence-corrected chi connectivity index (χ4v) is 7.93. The van der Waals surface area contributed by atoms with Crippen LogP contribution in [0.15, 0.2) is 25.1 Å². The Bertz CT molecular complexity index is 978. The van der Waals surface area contributed by atoms with Gasteiger partial charge in [-0.3, -0.25) is 14.5 Å². The SMILES string of the molecule is C=CN(/C=C\CC)CC(N(CCCCCCOC(=O)CC(CCCC)CCCCCC)CC(O)CCCCOC(=O)CC(CCCC)CCCCCC)C(C)(C)C. The third kappa shape index (κ3) is 31.7. The fraction of sp³-hybridized carbons (Fsp3) is 0.880. The Labute approximate surface area is 354 Å². The lowest BCUT2D eigenvalue weighted by Gasteiger charge is -2.43. The van der Waals surface area contributed by atoms with E-state index in [2.05, 4.69) is 84.0 Å². The fourth-order valence-electron chi connectivity index (χ4n) is 7.93. The molecule has 57 heavy (non-hydrogen) atoms. The molecular formula is C50H96N2O5. The third-order valence-electron chi connectivity index (χ3n) is 11.6. The van der Waals surface area contributed by atoms with Crippen LogP contribution in [0.5, 0.6) is 0 Å². The lowest BCUT2D eigenvalue weighted by Crippen LogP contribution is -2.52. The van der Waals surface area contributed by atoms with Gasteiger partial charge in [0.25, 0.3) is 0 Å². The van der Waals surface area contributed by atoms with E-state index in [9.17, 15) is 14.7 Å². The van der Waals surface area contributed by atoms with E-state index in [1.165, 1.54) is 70.6 Å². The van der Waals surface area contributed by atoms with Gasteiger partial charge in [0.05, 0.1) is 19.3 Å². The number of hydrogen-bond donors (Lipinski definition) is 1. The summed E-state index contributed by atoms with van der Waals surface area (Å²) >= 11 is 0. The normalized spacial score (nSPS) is 14.1. The Morgan fingerprint density at radius 2 is 1.07 bits per heavy atom. The first kappa shape index (κ1) is 55.1. The molecule has 0 aliphatic rings. The maximum Gasteiger partial charge on any atom is 0.306 e. The number of aliphatic hydroxyl groups is 1. The minimum Gasteiger partial charge on any atom is -0.466 e. The second-order valence-electron chi connectivity index (χ2n) is 18.2. The Kier molecular flexibility index (Phi) is 35.9. The van der Waals surface area contributed by atoms with Gasteiger partial charge >= 0.3 is 11.9 Å². The van der Waals surface area contributed by atoms with Crippen molar-refractivity contribution >= 4 is 11.9 Å². The molecule has 0 fully saturated rings. The van der Waals surface area contributed by atoms with Crippen molar-refractivity contribution in [3.8, 4) is 0 Å². The lowest BCUT2D eigenvalue weighted by atomic mass is 9.84. The number of esters is 2. The van der Waals surface area contributed by atoms with Crippen molar-refractivity contribution in [3.05, 3.63) is 25.1 Å². The molecule has 0 spiro atoms. The second kappa shape index (κ2) is 37.2. The van der Waals surface area contributed by atoms with E-state index in [-0.39, 0.29) is 23.4 Å². The molecule has 0 rings (SSSR count). The van der Waals surface area contributed by atoms with Gasteiger partial charge in [0, 0.05) is 32.0 Å². The number of ether oxygens (including phenoxy) is 2. The van der Waals surface area contributed by atoms with Gasteiger partial charge < -0.3 is 19.5 Å². The topological polar surface area (TPSA) is 79.3 Å². The average molecular weight is 805 g/mol. The summed E-state index contributed by atoms with van der Waals surface area (Å²) in [5, 5.41) is 11.4. The van der Waals surface area contributed by atoms with E-state index in [1.807, 2.05) is 6.20 Å². The molecule has 1 N–H and O–H groups in total. The van der Waals surface area contributed by atoms with Crippen molar-refractivity contribution in [2.75, 3.05) is 32.8 Å². The summed E-state index contributed by atoms with van der Waals surface area (Å²) in [4.78, 5) is 30.1. The van der Waals surface area contributed by atoms with Crippen LogP contribution in [-0.2, 0) is 19.1 Å². The van der Waals surface area contributed by atoms with E-state index >= 15 is 0 Å². The number of aliphatic hydroxyl groups excluding tert-OH is 1. The second-order valence-corrected chi connectivity index (χ2v) is 18.2. The van der Waals surface area contributed by atoms with Crippen LogP contribution in [0.4, 0.5) is 0 Å². The predicted octanol–water partition coefficient (Wildman–Crippen LogP) is 13.6. The number of allylic oxidation sites excluding steroid dienone is 1. The van der Waals surface area contributed by atoms with Crippen molar-refractivity contribution < 1.29 is 24.2 Å². The molecule has 4 atom stereocenters.